The summed E-state index contributed by atoms with van der Waals surface area (Å²) in [5, 5.41) is 0. The number of rotatable bonds is 10. The van der Waals surface area contributed by atoms with Crippen LogP contribution in [-0.2, 0) is 41.5 Å². The summed E-state index contributed by atoms with van der Waals surface area (Å²) in [6.07, 6.45) is 1.95. The van der Waals surface area contributed by atoms with Gasteiger partial charge in [-0.05, 0) is 0 Å². The molecule has 0 saturated heterocycles. The van der Waals surface area contributed by atoms with Crippen molar-refractivity contribution in [3.05, 3.63) is 25.7 Å². The molecule has 0 atom stereocenters. The van der Waals surface area contributed by atoms with Crippen molar-refractivity contribution >= 4 is 0 Å². The molecule has 0 amide bonds. The molecule has 0 unspecified atom stereocenters. The van der Waals surface area contributed by atoms with Gasteiger partial charge >= 0.3 is 107 Å². The van der Waals surface area contributed by atoms with Crippen molar-refractivity contribution in [2.24, 2.45) is 0 Å². The quantitative estimate of drug-likeness (QED) is 0.266. The van der Waals surface area contributed by atoms with Crippen molar-refractivity contribution in [1.29, 1.82) is 0 Å². The Morgan fingerprint density at radius 2 is 1.18 bits per heavy atom. The van der Waals surface area contributed by atoms with Gasteiger partial charge in [-0.25, -0.2) is 0 Å². The summed E-state index contributed by atoms with van der Waals surface area (Å²) in [6, 6.07) is 0. The minimum absolute atomic E-state index is 0.176. The van der Waals surface area contributed by atoms with Crippen molar-refractivity contribution in [1.82, 2.24) is 0 Å². The summed E-state index contributed by atoms with van der Waals surface area (Å²) in [7, 11) is 0. The van der Waals surface area contributed by atoms with Crippen LogP contribution in [-0.4, -0.2) is 12.2 Å². The predicted octanol–water partition coefficient (Wildman–Crippen LogP) is 2.83. The average molecular weight is 284 g/mol. The Kier molecular flexibility index (Phi) is 8.50. The summed E-state index contributed by atoms with van der Waals surface area (Å²) in [5.41, 5.74) is 0. The maximum atomic E-state index is 5.13. The molecule has 0 aromatic heterocycles. The van der Waals surface area contributed by atoms with Crippen LogP contribution in [0.5, 0.6) is 0 Å². The summed E-state index contributed by atoms with van der Waals surface area (Å²) in [5.74, 6) is 0. The minimum atomic E-state index is -4.16. The van der Waals surface area contributed by atoms with Crippen LogP contribution in [0.2, 0.25) is 0 Å². The Morgan fingerprint density at radius 1 is 0.824 bits per heavy atom. The van der Waals surface area contributed by atoms with Gasteiger partial charge in [0.05, 0.1) is 0 Å². The van der Waals surface area contributed by atoms with E-state index in [2.05, 4.69) is 13.2 Å². The monoisotopic (exact) mass is 284 g/mol. The van der Waals surface area contributed by atoms with Crippen LogP contribution in [0.1, 0.15) is 27.7 Å². The van der Waals surface area contributed by atoms with E-state index in [-0.39, 0.29) is 12.2 Å². The van der Waals surface area contributed by atoms with Crippen LogP contribution in [0.25, 0.3) is 0 Å². The molecule has 100 valence electrons. The molecule has 0 fully saturated rings. The van der Waals surface area contributed by atoms with E-state index in [9.17, 15) is 0 Å². The zero-order valence-electron chi connectivity index (χ0n) is 10.7. The maximum absolute atomic E-state index is 5.13. The van der Waals surface area contributed by atoms with Gasteiger partial charge in [-0.1, -0.05) is 0 Å². The zero-order valence-corrected chi connectivity index (χ0v) is 12.2. The van der Waals surface area contributed by atoms with Gasteiger partial charge in [0.15, 0.2) is 0 Å². The third kappa shape index (κ3) is 7.54. The Balaban J connectivity index is 4.57. The molecular formula is C10H20O6Ti. The molecule has 0 spiro atoms. The fraction of sp³-hybridized carbons (Fsp3) is 0.600. The molecule has 0 heterocycles. The van der Waals surface area contributed by atoms with Crippen LogP contribution in [0, 0.1) is 0 Å². The Bertz CT molecular complexity index is 207. The van der Waals surface area contributed by atoms with E-state index in [1.54, 1.807) is 27.7 Å². The standard InChI is InChI=1S/2C3H8O2.2C2H4O.Ti/c2*1-3(2)5-4;2*1-2-3;/h2*3-4H,1-2H3;2*2-3H,1H2;/q;;;;+4/p-4. The first-order valence-electron chi connectivity index (χ1n) is 5.22. The molecule has 0 aliphatic rings. The van der Waals surface area contributed by atoms with Crippen LogP contribution >= 0.6 is 0 Å². The van der Waals surface area contributed by atoms with E-state index in [1.807, 2.05) is 0 Å². The second kappa shape index (κ2) is 8.69. The molecule has 0 aromatic rings. The molecule has 0 saturated carbocycles. The van der Waals surface area contributed by atoms with E-state index >= 15 is 0 Å². The first-order chi connectivity index (χ1) is 7.95. The first kappa shape index (κ1) is 16.6. The first-order valence-corrected chi connectivity index (χ1v) is 7.77. The van der Waals surface area contributed by atoms with Crippen molar-refractivity contribution in [3.63, 3.8) is 0 Å². The zero-order chi connectivity index (χ0) is 13.3. The van der Waals surface area contributed by atoms with Gasteiger partial charge in [-0.3, -0.25) is 0 Å². The van der Waals surface area contributed by atoms with Crippen molar-refractivity contribution in [2.75, 3.05) is 0 Å². The van der Waals surface area contributed by atoms with Gasteiger partial charge in [0.1, 0.15) is 0 Å². The molecule has 7 heteroatoms. The molecule has 0 N–H and O–H groups in total. The third-order valence-electron chi connectivity index (χ3n) is 1.14. The van der Waals surface area contributed by atoms with E-state index in [0.29, 0.717) is 0 Å². The van der Waals surface area contributed by atoms with Gasteiger partial charge in [0, 0.05) is 0 Å². The fourth-order valence-electron chi connectivity index (χ4n) is 0.635. The predicted molar refractivity (Wildman–Crippen MR) is 57.2 cm³/mol. The van der Waals surface area contributed by atoms with Gasteiger partial charge in [-0.15, -0.1) is 0 Å². The second-order valence-corrected chi connectivity index (χ2v) is 6.34. The van der Waals surface area contributed by atoms with Gasteiger partial charge in [0.25, 0.3) is 0 Å². The SMILES string of the molecule is C=C[O][Ti]([O]C=C)([O]OC(C)C)[O]OC(C)C. The van der Waals surface area contributed by atoms with E-state index in [0.717, 1.165) is 12.5 Å². The Labute approximate surface area is 107 Å². The second-order valence-electron chi connectivity index (χ2n) is 3.53. The fourth-order valence-corrected chi connectivity index (χ4v) is 2.62. The summed E-state index contributed by atoms with van der Waals surface area (Å²) >= 11 is -4.16. The summed E-state index contributed by atoms with van der Waals surface area (Å²) in [6.45, 7) is 14.0. The summed E-state index contributed by atoms with van der Waals surface area (Å²) < 4.78 is 20.4. The van der Waals surface area contributed by atoms with Crippen molar-refractivity contribution in [2.45, 2.75) is 39.9 Å². The number of hydrogen-bond donors (Lipinski definition) is 0. The molecule has 0 aromatic carbocycles. The topological polar surface area (TPSA) is 55.4 Å². The molecule has 0 aliphatic heterocycles. The molecule has 0 aliphatic carbocycles. The molecule has 0 bridgehead atoms. The van der Waals surface area contributed by atoms with Crippen LogP contribution < -0.4 is 0 Å². The van der Waals surface area contributed by atoms with Gasteiger partial charge < -0.3 is 0 Å². The number of hydrogen-bond acceptors (Lipinski definition) is 6. The normalized spacial score (nSPS) is 11.6. The van der Waals surface area contributed by atoms with E-state index in [4.69, 9.17) is 23.4 Å². The van der Waals surface area contributed by atoms with Gasteiger partial charge in [0.2, 0.25) is 0 Å². The van der Waals surface area contributed by atoms with E-state index in [1.165, 1.54) is 0 Å². The molecule has 0 rings (SSSR count). The van der Waals surface area contributed by atoms with Gasteiger partial charge in [-0.2, -0.15) is 0 Å². The van der Waals surface area contributed by atoms with Crippen LogP contribution in [0.3, 0.4) is 0 Å². The van der Waals surface area contributed by atoms with Crippen LogP contribution in [0.4, 0.5) is 0 Å². The van der Waals surface area contributed by atoms with Crippen molar-refractivity contribution < 1.29 is 41.5 Å². The van der Waals surface area contributed by atoms with E-state index < -0.39 is 18.1 Å². The van der Waals surface area contributed by atoms with Crippen molar-refractivity contribution in [3.8, 4) is 0 Å². The Morgan fingerprint density at radius 3 is 1.41 bits per heavy atom. The third-order valence-corrected chi connectivity index (χ3v) is 3.50. The average Bonchev–Trinajstić information content (AvgIpc) is 2.24. The summed E-state index contributed by atoms with van der Waals surface area (Å²) in [4.78, 5) is 9.96. The molecular weight excluding hydrogens is 264 g/mol. The molecule has 0 radical (unpaired) electrons. The molecule has 6 nitrogen and oxygen atoms in total. The van der Waals surface area contributed by atoms with Crippen LogP contribution in [0.15, 0.2) is 25.7 Å². The molecule has 17 heavy (non-hydrogen) atoms. The Hall–Kier alpha value is -0.366.